The van der Waals surface area contributed by atoms with Crippen molar-refractivity contribution < 1.29 is 0 Å². The van der Waals surface area contributed by atoms with E-state index in [1.807, 2.05) is 47.2 Å². The third kappa shape index (κ3) is 2.67. The normalized spacial score (nSPS) is 10.8. The highest BCUT2D eigenvalue weighted by molar-refractivity contribution is 6.33. The number of aromatic nitrogens is 3. The summed E-state index contributed by atoms with van der Waals surface area (Å²) < 4.78 is 2.01. The molecule has 3 nitrogen and oxygen atoms in total. The molecular weight excluding hydrogens is 305 g/mol. The van der Waals surface area contributed by atoms with Crippen LogP contribution in [0.2, 0.25) is 10.0 Å². The van der Waals surface area contributed by atoms with E-state index in [4.69, 9.17) is 23.2 Å². The Hall–Kier alpha value is -1.84. The van der Waals surface area contributed by atoms with Gasteiger partial charge in [-0.1, -0.05) is 42.3 Å². The van der Waals surface area contributed by atoms with Crippen LogP contribution in [0.3, 0.4) is 0 Å². The molecule has 3 rings (SSSR count). The first-order chi connectivity index (χ1) is 10.2. The second kappa shape index (κ2) is 5.88. The van der Waals surface area contributed by atoms with Crippen LogP contribution in [0.25, 0.3) is 17.2 Å². The summed E-state index contributed by atoms with van der Waals surface area (Å²) in [6.07, 6.45) is 4.34. The fraction of sp³-hybridized carbons (Fsp3) is 0.125. The molecule has 0 amide bonds. The van der Waals surface area contributed by atoms with E-state index in [1.54, 1.807) is 6.20 Å². The summed E-state index contributed by atoms with van der Waals surface area (Å²) in [7, 11) is 0. The highest BCUT2D eigenvalue weighted by atomic mass is 35.5. The lowest BCUT2D eigenvalue weighted by Gasteiger charge is -2.11. The lowest BCUT2D eigenvalue weighted by molar-refractivity contribution is 0.908. The fourth-order valence-electron chi connectivity index (χ4n) is 2.23. The van der Waals surface area contributed by atoms with Gasteiger partial charge >= 0.3 is 0 Å². The van der Waals surface area contributed by atoms with E-state index >= 15 is 0 Å². The van der Waals surface area contributed by atoms with Crippen LogP contribution in [0.1, 0.15) is 12.6 Å². The molecule has 0 radical (unpaired) electrons. The minimum atomic E-state index is 0.608. The summed E-state index contributed by atoms with van der Waals surface area (Å²) in [5, 5.41) is 1.28. The Morgan fingerprint density at radius 1 is 1.00 bits per heavy atom. The average molecular weight is 318 g/mol. The van der Waals surface area contributed by atoms with Crippen LogP contribution in [0, 0.1) is 0 Å². The van der Waals surface area contributed by atoms with Crippen molar-refractivity contribution in [2.45, 2.75) is 13.3 Å². The second-order valence-electron chi connectivity index (χ2n) is 4.58. The Kier molecular flexibility index (Phi) is 3.95. The number of halogens is 2. The first-order valence-corrected chi connectivity index (χ1v) is 7.39. The van der Waals surface area contributed by atoms with Gasteiger partial charge in [0, 0.05) is 23.7 Å². The predicted octanol–water partition coefficient (Wildman–Crippen LogP) is 4.80. The van der Waals surface area contributed by atoms with E-state index in [1.165, 1.54) is 0 Å². The maximum absolute atomic E-state index is 6.30. The van der Waals surface area contributed by atoms with Gasteiger partial charge in [0.15, 0.2) is 0 Å². The monoisotopic (exact) mass is 317 g/mol. The lowest BCUT2D eigenvalue weighted by Crippen LogP contribution is -2.04. The van der Waals surface area contributed by atoms with Crippen LogP contribution >= 0.6 is 23.2 Å². The van der Waals surface area contributed by atoms with Gasteiger partial charge in [-0.05, 0) is 30.7 Å². The molecule has 0 aliphatic carbocycles. The van der Waals surface area contributed by atoms with Crippen LogP contribution in [-0.2, 0) is 6.42 Å². The molecule has 0 spiro atoms. The molecule has 0 aliphatic rings. The van der Waals surface area contributed by atoms with Crippen LogP contribution in [0.5, 0.6) is 0 Å². The number of imidazole rings is 1. The molecule has 0 N–H and O–H groups in total. The maximum Gasteiger partial charge on any atom is 0.147 e. The number of hydrogen-bond donors (Lipinski definition) is 0. The van der Waals surface area contributed by atoms with Gasteiger partial charge in [-0.15, -0.1) is 0 Å². The van der Waals surface area contributed by atoms with Crippen molar-refractivity contribution in [2.75, 3.05) is 0 Å². The van der Waals surface area contributed by atoms with Crippen molar-refractivity contribution >= 4 is 23.2 Å². The molecule has 0 aliphatic heterocycles. The Morgan fingerprint density at radius 2 is 1.81 bits per heavy atom. The lowest BCUT2D eigenvalue weighted by atomic mass is 10.2. The number of rotatable bonds is 3. The summed E-state index contributed by atoms with van der Waals surface area (Å²) in [6.45, 7) is 2.08. The summed E-state index contributed by atoms with van der Waals surface area (Å²) in [5.41, 5.74) is 1.95. The van der Waals surface area contributed by atoms with E-state index in [-0.39, 0.29) is 0 Å². The number of benzene rings is 1. The van der Waals surface area contributed by atoms with Gasteiger partial charge in [0.05, 0.1) is 10.0 Å². The van der Waals surface area contributed by atoms with Crippen LogP contribution < -0.4 is 0 Å². The number of pyridine rings is 1. The third-order valence-electron chi connectivity index (χ3n) is 3.25. The van der Waals surface area contributed by atoms with Crippen molar-refractivity contribution in [3.8, 4) is 17.2 Å². The van der Waals surface area contributed by atoms with Gasteiger partial charge in [0.1, 0.15) is 11.6 Å². The molecule has 5 heteroatoms. The summed E-state index contributed by atoms with van der Waals surface area (Å²) in [5.74, 6) is 1.57. The zero-order valence-electron chi connectivity index (χ0n) is 11.4. The van der Waals surface area contributed by atoms with Gasteiger partial charge in [-0.2, -0.15) is 0 Å². The van der Waals surface area contributed by atoms with Crippen molar-refractivity contribution in [3.63, 3.8) is 0 Å². The molecule has 1 aromatic carbocycles. The average Bonchev–Trinajstić information content (AvgIpc) is 2.92. The minimum Gasteiger partial charge on any atom is -0.281 e. The highest BCUT2D eigenvalue weighted by Gasteiger charge is 2.15. The van der Waals surface area contributed by atoms with Gasteiger partial charge in [0.25, 0.3) is 0 Å². The Labute approximate surface area is 133 Å². The van der Waals surface area contributed by atoms with E-state index < -0.39 is 0 Å². The van der Waals surface area contributed by atoms with Crippen molar-refractivity contribution in [3.05, 3.63) is 64.5 Å². The fourth-order valence-corrected chi connectivity index (χ4v) is 2.56. The quantitative estimate of drug-likeness (QED) is 0.694. The van der Waals surface area contributed by atoms with Crippen molar-refractivity contribution in [2.24, 2.45) is 0 Å². The minimum absolute atomic E-state index is 0.608. The van der Waals surface area contributed by atoms with E-state index in [9.17, 15) is 0 Å². The van der Waals surface area contributed by atoms with Crippen LogP contribution in [0.15, 0.2) is 48.8 Å². The topological polar surface area (TPSA) is 30.7 Å². The molecule has 2 aromatic heterocycles. The first kappa shape index (κ1) is 14.1. The molecule has 0 fully saturated rings. The number of nitrogens with zero attached hydrogens (tertiary/aromatic N) is 3. The van der Waals surface area contributed by atoms with Gasteiger partial charge in [0.2, 0.25) is 0 Å². The standard InChI is InChI=1S/C16H13Cl2N3/c1-2-12-10-20-16(13-5-3-4-6-14(13)18)21(12)15-8-7-11(17)9-19-15/h3-10H,2H2,1H3. The smallest absolute Gasteiger partial charge is 0.147 e. The highest BCUT2D eigenvalue weighted by Crippen LogP contribution is 2.29. The number of aryl methyl sites for hydroxylation is 1. The summed E-state index contributed by atoms with van der Waals surface area (Å²) in [6, 6.07) is 11.4. The molecule has 0 saturated carbocycles. The summed E-state index contributed by atoms with van der Waals surface area (Å²) >= 11 is 12.2. The van der Waals surface area contributed by atoms with Gasteiger partial charge in [-0.3, -0.25) is 4.57 Å². The van der Waals surface area contributed by atoms with Crippen molar-refractivity contribution in [1.82, 2.24) is 14.5 Å². The summed E-state index contributed by atoms with van der Waals surface area (Å²) in [4.78, 5) is 8.92. The van der Waals surface area contributed by atoms with Crippen molar-refractivity contribution in [1.29, 1.82) is 0 Å². The van der Waals surface area contributed by atoms with E-state index in [0.717, 1.165) is 29.3 Å². The Balaban J connectivity index is 2.22. The van der Waals surface area contributed by atoms with E-state index in [2.05, 4.69) is 16.9 Å². The molecule has 0 atom stereocenters. The van der Waals surface area contributed by atoms with Crippen LogP contribution in [0.4, 0.5) is 0 Å². The maximum atomic E-state index is 6.30. The number of hydrogen-bond acceptors (Lipinski definition) is 2. The molecule has 0 saturated heterocycles. The Morgan fingerprint density at radius 3 is 2.48 bits per heavy atom. The van der Waals surface area contributed by atoms with Gasteiger partial charge in [-0.25, -0.2) is 9.97 Å². The molecule has 3 aromatic rings. The predicted molar refractivity (Wildman–Crippen MR) is 86.2 cm³/mol. The molecule has 21 heavy (non-hydrogen) atoms. The largest absolute Gasteiger partial charge is 0.281 e. The first-order valence-electron chi connectivity index (χ1n) is 6.64. The zero-order valence-corrected chi connectivity index (χ0v) is 12.9. The SMILES string of the molecule is CCc1cnc(-c2ccccc2Cl)n1-c1ccc(Cl)cn1. The molecule has 0 bridgehead atoms. The molecule has 0 unspecified atom stereocenters. The molecule has 2 heterocycles. The second-order valence-corrected chi connectivity index (χ2v) is 5.42. The molecular formula is C16H13Cl2N3. The van der Waals surface area contributed by atoms with E-state index in [0.29, 0.717) is 10.0 Å². The zero-order chi connectivity index (χ0) is 14.8. The van der Waals surface area contributed by atoms with Gasteiger partial charge < -0.3 is 0 Å². The third-order valence-corrected chi connectivity index (χ3v) is 3.81. The molecule has 106 valence electrons. The Bertz CT molecular complexity index is 763. The van der Waals surface area contributed by atoms with Crippen LogP contribution in [-0.4, -0.2) is 14.5 Å².